The number of halogens is 1. The summed E-state index contributed by atoms with van der Waals surface area (Å²) in [6.45, 7) is 2.30. The molecular formula is C8H14ClN3O2S. The minimum absolute atomic E-state index is 0.0112. The molecule has 0 aliphatic carbocycles. The number of sulfonamides is 1. The Morgan fingerprint density at radius 2 is 2.40 bits per heavy atom. The van der Waals surface area contributed by atoms with Crippen LogP contribution in [0.5, 0.6) is 0 Å². The number of aromatic amines is 1. The normalized spacial score (nSPS) is 14.0. The third-order valence-electron chi connectivity index (χ3n) is 1.98. The van der Waals surface area contributed by atoms with Crippen molar-refractivity contribution in [1.82, 2.24) is 14.9 Å². The number of nitrogens with one attached hydrogen (secondary N) is 2. The first-order valence-electron chi connectivity index (χ1n) is 4.68. The molecule has 0 bridgehead atoms. The van der Waals surface area contributed by atoms with Gasteiger partial charge in [-0.2, -0.15) is 5.10 Å². The van der Waals surface area contributed by atoms with Gasteiger partial charge in [-0.25, -0.2) is 13.1 Å². The molecule has 0 aromatic carbocycles. The summed E-state index contributed by atoms with van der Waals surface area (Å²) in [6, 6.07) is 0. The summed E-state index contributed by atoms with van der Waals surface area (Å²) in [5.74, 6) is 0. The van der Waals surface area contributed by atoms with E-state index in [1.807, 2.05) is 6.92 Å². The Labute approximate surface area is 94.3 Å². The first kappa shape index (κ1) is 12.5. The van der Waals surface area contributed by atoms with E-state index in [2.05, 4.69) is 14.9 Å². The molecule has 0 saturated carbocycles. The Hall–Kier alpha value is -0.590. The van der Waals surface area contributed by atoms with Crippen molar-refractivity contribution in [3.63, 3.8) is 0 Å². The van der Waals surface area contributed by atoms with E-state index in [9.17, 15) is 8.42 Å². The Bertz CT molecular complexity index is 377. The van der Waals surface area contributed by atoms with Gasteiger partial charge in [0.25, 0.3) is 0 Å². The minimum atomic E-state index is -3.42. The van der Waals surface area contributed by atoms with Crippen molar-refractivity contribution in [3.05, 3.63) is 12.4 Å². The van der Waals surface area contributed by atoms with Crippen molar-refractivity contribution in [1.29, 1.82) is 0 Å². The molecule has 0 spiro atoms. The number of nitrogens with zero attached hydrogens (tertiary/aromatic N) is 1. The zero-order valence-electron chi connectivity index (χ0n) is 8.40. The molecule has 0 aliphatic heterocycles. The van der Waals surface area contributed by atoms with Crippen molar-refractivity contribution >= 4 is 21.6 Å². The molecule has 0 fully saturated rings. The fraction of sp³-hybridized carbons (Fsp3) is 0.625. The molecule has 7 heteroatoms. The molecule has 1 aromatic rings. The van der Waals surface area contributed by atoms with E-state index < -0.39 is 10.0 Å². The number of rotatable bonds is 6. The second-order valence-corrected chi connectivity index (χ2v) is 5.51. The van der Waals surface area contributed by atoms with E-state index in [0.29, 0.717) is 13.0 Å². The Morgan fingerprint density at radius 1 is 1.67 bits per heavy atom. The lowest BCUT2D eigenvalue weighted by Crippen LogP contribution is -2.26. The molecule has 1 heterocycles. The fourth-order valence-corrected chi connectivity index (χ4v) is 2.09. The van der Waals surface area contributed by atoms with E-state index in [1.165, 1.54) is 12.4 Å². The van der Waals surface area contributed by atoms with E-state index >= 15 is 0 Å². The zero-order valence-corrected chi connectivity index (χ0v) is 9.98. The first-order valence-corrected chi connectivity index (χ1v) is 6.60. The van der Waals surface area contributed by atoms with E-state index in [1.54, 1.807) is 0 Å². The minimum Gasteiger partial charge on any atom is -0.284 e. The molecule has 0 saturated heterocycles. The van der Waals surface area contributed by atoms with Crippen LogP contribution in [-0.4, -0.2) is 30.5 Å². The number of aromatic nitrogens is 2. The largest absolute Gasteiger partial charge is 0.284 e. The molecule has 86 valence electrons. The van der Waals surface area contributed by atoms with Crippen LogP contribution in [-0.2, 0) is 10.0 Å². The Balaban J connectivity index is 2.45. The molecule has 5 nitrogen and oxygen atoms in total. The molecule has 2 N–H and O–H groups in total. The summed E-state index contributed by atoms with van der Waals surface area (Å²) in [7, 11) is -3.42. The van der Waals surface area contributed by atoms with Gasteiger partial charge in [0.1, 0.15) is 4.90 Å². The quantitative estimate of drug-likeness (QED) is 0.744. The Kier molecular flexibility index (Phi) is 4.56. The fourth-order valence-electron chi connectivity index (χ4n) is 1.02. The van der Waals surface area contributed by atoms with Gasteiger partial charge in [-0.1, -0.05) is 6.92 Å². The summed E-state index contributed by atoms with van der Waals surface area (Å²) in [6.07, 6.45) is 4.05. The van der Waals surface area contributed by atoms with Gasteiger partial charge in [0.05, 0.1) is 6.20 Å². The van der Waals surface area contributed by atoms with Gasteiger partial charge in [0.15, 0.2) is 0 Å². The maximum Gasteiger partial charge on any atom is 0.243 e. The van der Waals surface area contributed by atoms with Crippen LogP contribution in [0, 0.1) is 0 Å². The average molecular weight is 252 g/mol. The molecule has 0 radical (unpaired) electrons. The van der Waals surface area contributed by atoms with Gasteiger partial charge < -0.3 is 0 Å². The van der Waals surface area contributed by atoms with Crippen molar-refractivity contribution in [2.24, 2.45) is 0 Å². The van der Waals surface area contributed by atoms with E-state index in [4.69, 9.17) is 11.6 Å². The topological polar surface area (TPSA) is 74.8 Å². The van der Waals surface area contributed by atoms with Crippen LogP contribution in [0.4, 0.5) is 0 Å². The average Bonchev–Trinajstić information content (AvgIpc) is 2.70. The predicted molar refractivity (Wildman–Crippen MR) is 58.3 cm³/mol. The smallest absolute Gasteiger partial charge is 0.243 e. The van der Waals surface area contributed by atoms with Crippen LogP contribution in [0.1, 0.15) is 19.8 Å². The molecule has 1 aromatic heterocycles. The number of H-pyrrole nitrogens is 1. The van der Waals surface area contributed by atoms with Gasteiger partial charge in [0, 0.05) is 18.1 Å². The van der Waals surface area contributed by atoms with Crippen LogP contribution in [0.3, 0.4) is 0 Å². The highest BCUT2D eigenvalue weighted by Crippen LogP contribution is 2.07. The summed E-state index contributed by atoms with van der Waals surface area (Å²) in [4.78, 5) is 0.144. The summed E-state index contributed by atoms with van der Waals surface area (Å²) >= 11 is 5.87. The molecule has 0 amide bonds. The summed E-state index contributed by atoms with van der Waals surface area (Å²) in [5, 5.41) is 6.04. The number of hydrogen-bond donors (Lipinski definition) is 2. The van der Waals surface area contributed by atoms with Gasteiger partial charge in [-0.15, -0.1) is 11.6 Å². The second kappa shape index (κ2) is 5.48. The number of hydrogen-bond acceptors (Lipinski definition) is 3. The lowest BCUT2D eigenvalue weighted by atomic mass is 10.2. The molecule has 0 aliphatic rings. The van der Waals surface area contributed by atoms with Crippen molar-refractivity contribution < 1.29 is 8.42 Å². The van der Waals surface area contributed by atoms with Gasteiger partial charge in [0.2, 0.25) is 10.0 Å². The van der Waals surface area contributed by atoms with Crippen LogP contribution in [0.15, 0.2) is 17.3 Å². The van der Waals surface area contributed by atoms with Crippen LogP contribution in [0.25, 0.3) is 0 Å². The van der Waals surface area contributed by atoms with Crippen molar-refractivity contribution in [2.75, 3.05) is 6.54 Å². The van der Waals surface area contributed by atoms with Gasteiger partial charge in [-0.05, 0) is 12.8 Å². The molecular weight excluding hydrogens is 238 g/mol. The van der Waals surface area contributed by atoms with Gasteiger partial charge in [-0.3, -0.25) is 5.10 Å². The van der Waals surface area contributed by atoms with E-state index in [0.717, 1.165) is 6.42 Å². The third-order valence-corrected chi connectivity index (χ3v) is 3.93. The second-order valence-electron chi connectivity index (χ2n) is 3.13. The lowest BCUT2D eigenvalue weighted by Gasteiger charge is -2.07. The Morgan fingerprint density at radius 3 is 2.93 bits per heavy atom. The van der Waals surface area contributed by atoms with Crippen LogP contribution < -0.4 is 4.72 Å². The highest BCUT2D eigenvalue weighted by atomic mass is 35.5. The molecule has 1 rings (SSSR count). The highest BCUT2D eigenvalue weighted by molar-refractivity contribution is 7.89. The SMILES string of the molecule is CCC(Cl)CCNS(=O)(=O)c1cn[nH]c1. The van der Waals surface area contributed by atoms with Crippen molar-refractivity contribution in [3.8, 4) is 0 Å². The summed E-state index contributed by atoms with van der Waals surface area (Å²) < 4.78 is 25.6. The first-order chi connectivity index (χ1) is 7.06. The predicted octanol–water partition coefficient (Wildman–Crippen LogP) is 1.10. The summed E-state index contributed by atoms with van der Waals surface area (Å²) in [5.41, 5.74) is 0. The standard InChI is InChI=1S/C8H14ClN3O2S/c1-2-7(9)3-4-12-15(13,14)8-5-10-11-6-8/h5-7,12H,2-4H2,1H3,(H,10,11). The molecule has 15 heavy (non-hydrogen) atoms. The van der Waals surface area contributed by atoms with Crippen LogP contribution >= 0.6 is 11.6 Å². The van der Waals surface area contributed by atoms with E-state index in [-0.39, 0.29) is 10.3 Å². The molecule has 1 unspecified atom stereocenters. The zero-order chi connectivity index (χ0) is 11.3. The van der Waals surface area contributed by atoms with Crippen LogP contribution in [0.2, 0.25) is 0 Å². The lowest BCUT2D eigenvalue weighted by molar-refractivity contribution is 0.577. The monoisotopic (exact) mass is 251 g/mol. The molecule has 1 atom stereocenters. The van der Waals surface area contributed by atoms with Crippen molar-refractivity contribution in [2.45, 2.75) is 30.0 Å². The third kappa shape index (κ3) is 3.81. The highest BCUT2D eigenvalue weighted by Gasteiger charge is 2.14. The maximum atomic E-state index is 11.5. The number of alkyl halides is 1. The van der Waals surface area contributed by atoms with Gasteiger partial charge >= 0.3 is 0 Å². The maximum absolute atomic E-state index is 11.5.